The molecular formula is C39H39N7O7. The van der Waals surface area contributed by atoms with E-state index in [1.165, 1.54) is 17.3 Å². The van der Waals surface area contributed by atoms with Crippen LogP contribution in [0.15, 0.2) is 97.6 Å². The van der Waals surface area contributed by atoms with Crippen LogP contribution < -0.4 is 20.5 Å². The Hall–Kier alpha value is -5.83. The van der Waals surface area contributed by atoms with Gasteiger partial charge in [-0.05, 0) is 32.9 Å². The number of anilines is 1. The number of benzene rings is 3. The highest BCUT2D eigenvalue weighted by molar-refractivity contribution is 6.03. The molecule has 3 aliphatic rings. The molecule has 14 nitrogen and oxygen atoms in total. The molecule has 272 valence electrons. The minimum atomic E-state index is -1.39. The van der Waals surface area contributed by atoms with Crippen LogP contribution in [0.25, 0.3) is 11.2 Å². The number of hydrogen-bond donors (Lipinski definition) is 2. The fraction of sp³-hybridized carbons (Fsp3) is 0.308. The first-order chi connectivity index (χ1) is 25.4. The number of aromatic nitrogens is 4. The number of ether oxygens (including phenoxy) is 5. The highest BCUT2D eigenvalue weighted by atomic mass is 16.8. The molecule has 2 saturated heterocycles. The first kappa shape index (κ1) is 34.3. The second kappa shape index (κ2) is 12.7. The van der Waals surface area contributed by atoms with Gasteiger partial charge in [0.15, 0.2) is 35.0 Å². The monoisotopic (exact) mass is 717 g/mol. The summed E-state index contributed by atoms with van der Waals surface area (Å²) in [5.41, 5.74) is 7.92. The Balaban J connectivity index is 1.07. The number of carbonyl (C=O) groups is 2. The van der Waals surface area contributed by atoms with E-state index in [-0.39, 0.29) is 40.9 Å². The smallest absolute Gasteiger partial charge is 0.305 e. The lowest BCUT2D eigenvalue weighted by molar-refractivity contribution is -0.207. The Morgan fingerprint density at radius 3 is 2.30 bits per heavy atom. The average Bonchev–Trinajstić information content (AvgIpc) is 3.91. The van der Waals surface area contributed by atoms with E-state index < -0.39 is 41.5 Å². The first-order valence-electron chi connectivity index (χ1n) is 17.2. The maximum absolute atomic E-state index is 14.0. The highest BCUT2D eigenvalue weighted by Crippen LogP contribution is 2.51. The molecule has 3 aromatic carbocycles. The summed E-state index contributed by atoms with van der Waals surface area (Å²) in [6, 6.07) is 22.1. The van der Waals surface area contributed by atoms with Crippen molar-refractivity contribution in [1.82, 2.24) is 29.7 Å². The predicted molar refractivity (Wildman–Crippen MR) is 193 cm³/mol. The zero-order valence-electron chi connectivity index (χ0n) is 29.8. The second-order valence-electron chi connectivity index (χ2n) is 14.0. The Labute approximate surface area is 305 Å². The fourth-order valence-electron chi connectivity index (χ4n) is 7.15. The van der Waals surface area contributed by atoms with Crippen LogP contribution in [0.3, 0.4) is 0 Å². The van der Waals surface area contributed by atoms with Crippen molar-refractivity contribution in [3.8, 4) is 11.5 Å². The first-order valence-corrected chi connectivity index (χ1v) is 17.2. The zero-order chi connectivity index (χ0) is 37.1. The van der Waals surface area contributed by atoms with Gasteiger partial charge in [-0.3, -0.25) is 14.2 Å². The minimum Gasteiger partial charge on any atom is -0.440 e. The van der Waals surface area contributed by atoms with Crippen LogP contribution in [0.5, 0.6) is 11.5 Å². The van der Waals surface area contributed by atoms with Gasteiger partial charge in [0, 0.05) is 37.3 Å². The molecule has 0 radical (unpaired) electrons. The van der Waals surface area contributed by atoms with E-state index in [4.69, 9.17) is 29.4 Å². The Morgan fingerprint density at radius 2 is 1.62 bits per heavy atom. The average molecular weight is 718 g/mol. The van der Waals surface area contributed by atoms with Crippen LogP contribution in [-0.4, -0.2) is 80.5 Å². The van der Waals surface area contributed by atoms with Crippen molar-refractivity contribution in [2.75, 3.05) is 26.4 Å². The molecule has 2 amide bonds. The molecule has 5 aromatic rings. The molecule has 53 heavy (non-hydrogen) atoms. The second-order valence-corrected chi connectivity index (χ2v) is 14.0. The van der Waals surface area contributed by atoms with E-state index in [2.05, 4.69) is 20.3 Å². The number of nitrogens with two attached hydrogens (primary N) is 1. The molecule has 8 rings (SSSR count). The van der Waals surface area contributed by atoms with Gasteiger partial charge >= 0.3 is 5.79 Å². The minimum absolute atomic E-state index is 0.117. The lowest BCUT2D eigenvalue weighted by Gasteiger charge is -2.29. The van der Waals surface area contributed by atoms with Crippen molar-refractivity contribution in [1.29, 1.82) is 0 Å². The third kappa shape index (κ3) is 5.84. The molecule has 4 atom stereocenters. The lowest BCUT2D eigenvalue weighted by atomic mass is 9.97. The summed E-state index contributed by atoms with van der Waals surface area (Å²) in [5.74, 6) is -2.27. The third-order valence-corrected chi connectivity index (χ3v) is 9.60. The number of imidazole rings is 1. The van der Waals surface area contributed by atoms with E-state index in [0.717, 1.165) is 11.1 Å². The summed E-state index contributed by atoms with van der Waals surface area (Å²) in [5, 5.41) is 2.96. The molecule has 0 bridgehead atoms. The van der Waals surface area contributed by atoms with Gasteiger partial charge in [-0.15, -0.1) is 0 Å². The van der Waals surface area contributed by atoms with Crippen LogP contribution in [0, 0.1) is 0 Å². The van der Waals surface area contributed by atoms with E-state index >= 15 is 0 Å². The van der Waals surface area contributed by atoms with E-state index in [1.807, 2.05) is 87.5 Å². The lowest BCUT2D eigenvalue weighted by Crippen LogP contribution is -2.39. The van der Waals surface area contributed by atoms with Crippen LogP contribution in [0.4, 0.5) is 5.82 Å². The summed E-state index contributed by atoms with van der Waals surface area (Å²) < 4.78 is 34.4. The summed E-state index contributed by atoms with van der Waals surface area (Å²) in [6.45, 7) is 5.72. The summed E-state index contributed by atoms with van der Waals surface area (Å²) in [7, 11) is 3.30. The molecule has 3 aliphatic heterocycles. The zero-order valence-corrected chi connectivity index (χ0v) is 29.8. The van der Waals surface area contributed by atoms with Crippen LogP contribution in [0.1, 0.15) is 58.8 Å². The molecule has 0 saturated carbocycles. The van der Waals surface area contributed by atoms with E-state index in [1.54, 1.807) is 37.1 Å². The molecule has 2 aromatic heterocycles. The van der Waals surface area contributed by atoms with Crippen molar-refractivity contribution in [3.63, 3.8) is 0 Å². The predicted octanol–water partition coefficient (Wildman–Crippen LogP) is 4.58. The van der Waals surface area contributed by atoms with Gasteiger partial charge in [0.25, 0.3) is 11.8 Å². The van der Waals surface area contributed by atoms with Crippen LogP contribution in [-0.2, 0) is 20.0 Å². The number of carbonyl (C=O) groups excluding carboxylic acids is 2. The van der Waals surface area contributed by atoms with Gasteiger partial charge in [0.05, 0.1) is 11.9 Å². The van der Waals surface area contributed by atoms with Gasteiger partial charge in [0.2, 0.25) is 0 Å². The Bertz CT molecular complexity index is 2200. The fourth-order valence-corrected chi connectivity index (χ4v) is 7.15. The third-order valence-electron chi connectivity index (χ3n) is 9.60. The van der Waals surface area contributed by atoms with E-state index in [9.17, 15) is 9.59 Å². The molecule has 5 heterocycles. The summed E-state index contributed by atoms with van der Waals surface area (Å²) >= 11 is 0. The van der Waals surface area contributed by atoms with Gasteiger partial charge < -0.3 is 39.6 Å². The van der Waals surface area contributed by atoms with Gasteiger partial charge in [0.1, 0.15) is 29.7 Å². The summed E-state index contributed by atoms with van der Waals surface area (Å²) in [4.78, 5) is 41.5. The quantitative estimate of drug-likeness (QED) is 0.216. The normalized spacial score (nSPS) is 23.7. The molecule has 0 aliphatic carbocycles. The molecule has 0 spiro atoms. The standard InChI is InChI=1S/C39H39N7O7/c1-37(2)50-30-31(52-37)38(3,53-36(30)46-22-44-28-32(40)42-21-43-33(28)46)17-12-18-41-34(47)26-19-23(35(48)45(4)5)20-27-29(26)51-39(49-27,24-13-8-6-9-14-24)25-15-10-7-11-16-25/h6-17,19-22,30-31,36H,18H2,1-5H3,(H,41,47)(H2,40,42,43)/b17-12+/t30?,31?,36-,38-/m1/s1. The molecule has 3 N–H and O–H groups in total. The maximum Gasteiger partial charge on any atom is 0.305 e. The number of nitrogens with zero attached hydrogens (tertiary/aromatic N) is 5. The van der Waals surface area contributed by atoms with Gasteiger partial charge in [-0.25, -0.2) is 15.0 Å². The number of fused-ring (bicyclic) bond motifs is 3. The largest absolute Gasteiger partial charge is 0.440 e. The molecule has 2 fully saturated rings. The number of hydrogen-bond acceptors (Lipinski definition) is 11. The summed E-state index contributed by atoms with van der Waals surface area (Å²) in [6.07, 6.45) is 4.98. The topological polar surface area (TPSA) is 165 Å². The molecular weight excluding hydrogens is 678 g/mol. The van der Waals surface area contributed by atoms with Crippen molar-refractivity contribution >= 4 is 28.8 Å². The van der Waals surface area contributed by atoms with E-state index in [0.29, 0.717) is 11.2 Å². The number of nitrogen functional groups attached to an aromatic ring is 1. The van der Waals surface area contributed by atoms with Gasteiger partial charge in [-0.2, -0.15) is 0 Å². The van der Waals surface area contributed by atoms with Crippen molar-refractivity contribution in [2.45, 2.75) is 56.4 Å². The van der Waals surface area contributed by atoms with Gasteiger partial charge in [-0.1, -0.05) is 72.8 Å². The highest BCUT2D eigenvalue weighted by Gasteiger charge is 2.61. The number of rotatable bonds is 8. The maximum atomic E-state index is 14.0. The Morgan fingerprint density at radius 1 is 0.925 bits per heavy atom. The number of nitrogens with one attached hydrogen (secondary N) is 1. The van der Waals surface area contributed by atoms with Crippen molar-refractivity contribution in [3.05, 3.63) is 120 Å². The molecule has 2 unspecified atom stereocenters. The number of amides is 2. The van der Waals surface area contributed by atoms with Crippen molar-refractivity contribution < 1.29 is 33.3 Å². The van der Waals surface area contributed by atoms with Crippen LogP contribution in [0.2, 0.25) is 0 Å². The Kier molecular flexibility index (Phi) is 8.20. The van der Waals surface area contributed by atoms with Crippen LogP contribution >= 0.6 is 0 Å². The molecule has 14 heteroatoms. The SMILES string of the molecule is CN(C)C(=O)c1cc2c(c(C(=O)NC/C=C/[C@@]3(C)O[C@@H](n4cnc5c(N)ncnc54)C4OC(C)(C)OC43)c1)OC(c1ccccc1)(c1ccccc1)O2. The van der Waals surface area contributed by atoms with Crippen molar-refractivity contribution in [2.24, 2.45) is 0 Å².